The molecule has 6 N–H and O–H groups in total. The maximum Gasteiger partial charge on any atom is 0.208 e. The van der Waals surface area contributed by atoms with Crippen LogP contribution in [-0.2, 0) is 6.42 Å². The second-order valence-electron chi connectivity index (χ2n) is 6.46. The molecular formula is C17H17N9S. The Hall–Kier alpha value is -3.24. The van der Waals surface area contributed by atoms with E-state index in [-0.39, 0.29) is 5.96 Å². The number of thiazole rings is 1. The van der Waals surface area contributed by atoms with E-state index in [4.69, 9.17) is 11.5 Å². The fraction of sp³-hybridized carbons (Fsp3) is 0.176. The van der Waals surface area contributed by atoms with E-state index in [0.717, 1.165) is 27.1 Å². The number of fused-ring (bicyclic) bond motifs is 2. The van der Waals surface area contributed by atoms with Crippen LogP contribution < -0.4 is 16.8 Å². The summed E-state index contributed by atoms with van der Waals surface area (Å²) in [5.41, 5.74) is 15.2. The van der Waals surface area contributed by atoms with Crippen molar-refractivity contribution in [2.45, 2.75) is 18.6 Å². The summed E-state index contributed by atoms with van der Waals surface area (Å²) in [6.45, 7) is 0. The van der Waals surface area contributed by atoms with E-state index in [1.165, 1.54) is 0 Å². The van der Waals surface area contributed by atoms with Gasteiger partial charge in [-0.2, -0.15) is 5.10 Å². The van der Waals surface area contributed by atoms with Crippen LogP contribution in [0.25, 0.3) is 15.9 Å². The summed E-state index contributed by atoms with van der Waals surface area (Å²) in [6.07, 6.45) is 6.90. The predicted molar refractivity (Wildman–Crippen MR) is 106 cm³/mol. The van der Waals surface area contributed by atoms with Gasteiger partial charge >= 0.3 is 0 Å². The number of aliphatic imine (C=N–C) groups is 2. The van der Waals surface area contributed by atoms with Crippen molar-refractivity contribution in [1.29, 1.82) is 0 Å². The number of amidine groups is 1. The Labute approximate surface area is 157 Å². The first kappa shape index (κ1) is 16.0. The van der Waals surface area contributed by atoms with Gasteiger partial charge in [0.25, 0.3) is 0 Å². The van der Waals surface area contributed by atoms with Crippen LogP contribution in [0.4, 0.5) is 0 Å². The van der Waals surface area contributed by atoms with Crippen molar-refractivity contribution in [1.82, 2.24) is 24.9 Å². The van der Waals surface area contributed by atoms with Gasteiger partial charge in [0, 0.05) is 35.1 Å². The van der Waals surface area contributed by atoms with Crippen molar-refractivity contribution in [3.63, 3.8) is 0 Å². The zero-order valence-corrected chi connectivity index (χ0v) is 15.1. The third-order valence-electron chi connectivity index (χ3n) is 4.47. The number of hydrogen-bond acceptors (Lipinski definition) is 8. The first-order valence-electron chi connectivity index (χ1n) is 8.44. The minimum Gasteiger partial charge on any atom is -0.370 e. The highest BCUT2D eigenvalue weighted by molar-refractivity contribution is 7.15. The van der Waals surface area contributed by atoms with Gasteiger partial charge < -0.3 is 11.1 Å². The van der Waals surface area contributed by atoms with E-state index in [1.54, 1.807) is 17.5 Å². The van der Waals surface area contributed by atoms with Crippen molar-refractivity contribution in [3.05, 3.63) is 53.4 Å². The smallest absolute Gasteiger partial charge is 0.208 e. The van der Waals surface area contributed by atoms with Crippen LogP contribution in [0.3, 0.4) is 0 Å². The summed E-state index contributed by atoms with van der Waals surface area (Å²) in [6, 6.07) is 5.87. The van der Waals surface area contributed by atoms with Crippen LogP contribution in [0.1, 0.15) is 17.7 Å². The number of hydrogen-bond donors (Lipinski definition) is 4. The Morgan fingerprint density at radius 3 is 3.07 bits per heavy atom. The molecule has 0 bridgehead atoms. The standard InChI is InChI=1S/C17H17N9S/c18-15-22-14(10-1-2-11-8-20-25-13(11)7-10)23-17(19,24-15)4-3-12-9-26-5-6-27-16(26)21-12/h1-2,5-9H,3-4,19H2,(H,20,25)(H3,18,22,23,24). The summed E-state index contributed by atoms with van der Waals surface area (Å²) in [7, 11) is 0. The topological polar surface area (TPSA) is 135 Å². The Kier molecular flexibility index (Phi) is 3.49. The van der Waals surface area contributed by atoms with Crippen molar-refractivity contribution in [2.24, 2.45) is 21.5 Å². The molecule has 1 atom stereocenters. The van der Waals surface area contributed by atoms with Crippen LogP contribution in [0.15, 0.2) is 52.2 Å². The third kappa shape index (κ3) is 2.94. The molecular weight excluding hydrogens is 362 g/mol. The SMILES string of the molecule is NC1=NC(N)(CCc2cn3ccsc3n2)N=C(c2ccc3cn[nH]c3c2)N1. The molecule has 4 heterocycles. The molecule has 27 heavy (non-hydrogen) atoms. The van der Waals surface area contributed by atoms with E-state index in [2.05, 4.69) is 30.5 Å². The number of imidazole rings is 1. The molecule has 1 aliphatic rings. The quantitative estimate of drug-likeness (QED) is 0.422. The number of guanidine groups is 1. The number of benzene rings is 1. The molecule has 0 fully saturated rings. The highest BCUT2D eigenvalue weighted by Gasteiger charge is 2.29. The van der Waals surface area contributed by atoms with Crippen LogP contribution in [0.2, 0.25) is 0 Å². The Balaban J connectivity index is 1.42. The minimum atomic E-state index is -1.13. The van der Waals surface area contributed by atoms with Crippen LogP contribution in [-0.4, -0.2) is 37.2 Å². The summed E-state index contributed by atoms with van der Waals surface area (Å²) < 4.78 is 2.00. The van der Waals surface area contributed by atoms with Gasteiger partial charge in [-0.25, -0.2) is 15.0 Å². The average Bonchev–Trinajstić information content (AvgIpc) is 3.34. The van der Waals surface area contributed by atoms with E-state index in [1.807, 2.05) is 40.4 Å². The molecule has 1 aromatic carbocycles. The van der Waals surface area contributed by atoms with Gasteiger partial charge in [-0.15, -0.1) is 11.3 Å². The van der Waals surface area contributed by atoms with E-state index in [9.17, 15) is 0 Å². The highest BCUT2D eigenvalue weighted by atomic mass is 32.1. The molecule has 0 saturated heterocycles. The predicted octanol–water partition coefficient (Wildman–Crippen LogP) is 1.18. The first-order valence-corrected chi connectivity index (χ1v) is 9.32. The van der Waals surface area contributed by atoms with Crippen molar-refractivity contribution in [2.75, 3.05) is 0 Å². The monoisotopic (exact) mass is 379 g/mol. The number of aromatic nitrogens is 4. The molecule has 5 rings (SSSR count). The largest absolute Gasteiger partial charge is 0.370 e. The molecule has 1 aliphatic heterocycles. The molecule has 1 unspecified atom stereocenters. The maximum atomic E-state index is 6.44. The third-order valence-corrected chi connectivity index (χ3v) is 5.24. The molecule has 10 heteroatoms. The van der Waals surface area contributed by atoms with Crippen molar-refractivity contribution in [3.8, 4) is 0 Å². The zero-order chi connectivity index (χ0) is 18.4. The number of H-pyrrole nitrogens is 1. The van der Waals surface area contributed by atoms with Crippen LogP contribution in [0, 0.1) is 0 Å². The van der Waals surface area contributed by atoms with E-state index < -0.39 is 5.79 Å². The Morgan fingerprint density at radius 2 is 2.19 bits per heavy atom. The van der Waals surface area contributed by atoms with Gasteiger partial charge in [0.15, 0.2) is 10.9 Å². The number of nitrogens with one attached hydrogen (secondary N) is 2. The summed E-state index contributed by atoms with van der Waals surface area (Å²) in [5.74, 6) is -0.296. The summed E-state index contributed by atoms with van der Waals surface area (Å²) in [4.78, 5) is 14.5. The van der Waals surface area contributed by atoms with Crippen LogP contribution >= 0.6 is 11.3 Å². The molecule has 9 nitrogen and oxygen atoms in total. The fourth-order valence-corrected chi connectivity index (χ4v) is 3.86. The summed E-state index contributed by atoms with van der Waals surface area (Å²) in [5, 5.41) is 13.0. The molecule has 0 saturated carbocycles. The van der Waals surface area contributed by atoms with E-state index in [0.29, 0.717) is 18.7 Å². The average molecular weight is 379 g/mol. The number of rotatable bonds is 4. The van der Waals surface area contributed by atoms with Gasteiger partial charge in [0.1, 0.15) is 5.84 Å². The van der Waals surface area contributed by atoms with Gasteiger partial charge in [0.05, 0.1) is 17.4 Å². The Bertz CT molecular complexity index is 1170. The lowest BCUT2D eigenvalue weighted by molar-refractivity contribution is 0.424. The number of nitrogens with two attached hydrogens (primary N) is 2. The summed E-state index contributed by atoms with van der Waals surface area (Å²) >= 11 is 1.60. The second kappa shape index (κ2) is 5.89. The van der Waals surface area contributed by atoms with Gasteiger partial charge in [0.2, 0.25) is 5.79 Å². The number of nitrogens with zero attached hydrogens (tertiary/aromatic N) is 5. The van der Waals surface area contributed by atoms with Gasteiger partial charge in [-0.1, -0.05) is 12.1 Å². The molecule has 3 aromatic heterocycles. The molecule has 4 aromatic rings. The lowest BCUT2D eigenvalue weighted by atomic mass is 10.1. The lowest BCUT2D eigenvalue weighted by Gasteiger charge is -2.27. The number of aromatic amines is 1. The lowest BCUT2D eigenvalue weighted by Crippen LogP contribution is -2.50. The fourth-order valence-electron chi connectivity index (χ4n) is 3.15. The van der Waals surface area contributed by atoms with E-state index >= 15 is 0 Å². The molecule has 136 valence electrons. The Morgan fingerprint density at radius 1 is 1.26 bits per heavy atom. The number of aryl methyl sites for hydroxylation is 1. The maximum absolute atomic E-state index is 6.44. The second-order valence-corrected chi connectivity index (χ2v) is 7.33. The molecule has 0 radical (unpaired) electrons. The molecule has 0 amide bonds. The first-order chi connectivity index (χ1) is 13.1. The normalized spacial score (nSPS) is 19.9. The van der Waals surface area contributed by atoms with Crippen molar-refractivity contribution >= 4 is 39.0 Å². The highest BCUT2D eigenvalue weighted by Crippen LogP contribution is 2.21. The van der Waals surface area contributed by atoms with Gasteiger partial charge in [-0.05, 0) is 12.5 Å². The zero-order valence-electron chi connectivity index (χ0n) is 14.3. The molecule has 0 aliphatic carbocycles. The molecule has 0 spiro atoms. The minimum absolute atomic E-state index is 0.248. The van der Waals surface area contributed by atoms with Gasteiger partial charge in [-0.3, -0.25) is 15.2 Å². The van der Waals surface area contributed by atoms with Crippen molar-refractivity contribution < 1.29 is 0 Å². The van der Waals surface area contributed by atoms with Crippen LogP contribution in [0.5, 0.6) is 0 Å².